The van der Waals surface area contributed by atoms with E-state index in [0.717, 1.165) is 50.4 Å². The number of rotatable bonds is 10. The summed E-state index contributed by atoms with van der Waals surface area (Å²) in [7, 11) is 0. The van der Waals surface area contributed by atoms with Gasteiger partial charge in [0.2, 0.25) is 0 Å². The largest absolute Gasteiger partial charge is 0.309 e. The van der Waals surface area contributed by atoms with Crippen LogP contribution in [0, 0.1) is 0 Å². The van der Waals surface area contributed by atoms with Gasteiger partial charge in [0, 0.05) is 16.7 Å². The molecule has 0 spiro atoms. The van der Waals surface area contributed by atoms with E-state index < -0.39 is 0 Å². The van der Waals surface area contributed by atoms with Gasteiger partial charge in [0.25, 0.3) is 0 Å². The molecule has 12 aromatic rings. The fourth-order valence-electron chi connectivity index (χ4n) is 10.3. The zero-order valence-corrected chi connectivity index (χ0v) is 38.1. The third-order valence-electron chi connectivity index (χ3n) is 13.5. The summed E-state index contributed by atoms with van der Waals surface area (Å²) in [6.45, 7) is 0. The third kappa shape index (κ3) is 7.86. The fourth-order valence-corrected chi connectivity index (χ4v) is 10.3. The van der Waals surface area contributed by atoms with Crippen LogP contribution in [-0.4, -0.2) is 0 Å². The van der Waals surface area contributed by atoms with Gasteiger partial charge in [0.05, 0.1) is 17.1 Å². The molecule has 0 aliphatic carbocycles. The van der Waals surface area contributed by atoms with E-state index in [0.29, 0.717) is 0 Å². The Morgan fingerprint density at radius 2 is 0.522 bits per heavy atom. The van der Waals surface area contributed by atoms with Crippen LogP contribution in [0.3, 0.4) is 0 Å². The lowest BCUT2D eigenvalue weighted by atomic mass is 9.84. The summed E-state index contributed by atoms with van der Waals surface area (Å²) in [6.07, 6.45) is 0. The van der Waals surface area contributed by atoms with E-state index in [2.05, 4.69) is 290 Å². The Labute approximate surface area is 404 Å². The molecule has 0 fully saturated rings. The number of hydrogen-bond acceptors (Lipinski definition) is 1. The molecule has 0 unspecified atom stereocenters. The predicted molar refractivity (Wildman–Crippen MR) is 294 cm³/mol. The fraction of sp³-hybridized carbons (Fsp3) is 0. The summed E-state index contributed by atoms with van der Waals surface area (Å²) in [5.74, 6) is 0. The van der Waals surface area contributed by atoms with Crippen LogP contribution in [-0.2, 0) is 0 Å². The van der Waals surface area contributed by atoms with E-state index in [-0.39, 0.29) is 0 Å². The zero-order valence-electron chi connectivity index (χ0n) is 38.1. The van der Waals surface area contributed by atoms with Gasteiger partial charge in [0.1, 0.15) is 0 Å². The molecule has 0 N–H and O–H groups in total. The molecule has 12 aromatic carbocycles. The molecule has 0 aromatic heterocycles. The molecule has 0 heterocycles. The topological polar surface area (TPSA) is 3.24 Å². The van der Waals surface area contributed by atoms with Crippen molar-refractivity contribution in [1.82, 2.24) is 0 Å². The lowest BCUT2D eigenvalue weighted by Crippen LogP contribution is -2.14. The second-order valence-electron chi connectivity index (χ2n) is 17.6. The van der Waals surface area contributed by atoms with Gasteiger partial charge in [0.15, 0.2) is 0 Å². The lowest BCUT2D eigenvalue weighted by molar-refractivity contribution is 1.28. The minimum atomic E-state index is 1.08. The Balaban J connectivity index is 1.16. The lowest BCUT2D eigenvalue weighted by Gasteiger charge is -2.32. The van der Waals surface area contributed by atoms with Crippen LogP contribution in [0.25, 0.3) is 99.4 Å². The molecule has 12 rings (SSSR count). The first-order valence-electron chi connectivity index (χ1n) is 23.8. The van der Waals surface area contributed by atoms with Crippen molar-refractivity contribution < 1.29 is 0 Å². The van der Waals surface area contributed by atoms with Gasteiger partial charge < -0.3 is 4.90 Å². The highest BCUT2D eigenvalue weighted by atomic mass is 15.1. The summed E-state index contributed by atoms with van der Waals surface area (Å²) in [5, 5.41) is 4.93. The van der Waals surface area contributed by atoms with Crippen molar-refractivity contribution in [3.63, 3.8) is 0 Å². The van der Waals surface area contributed by atoms with Crippen molar-refractivity contribution in [2.75, 3.05) is 4.90 Å². The maximum atomic E-state index is 2.52. The monoisotopic (exact) mass is 877 g/mol. The van der Waals surface area contributed by atoms with E-state index >= 15 is 0 Å². The van der Waals surface area contributed by atoms with Crippen LogP contribution < -0.4 is 4.90 Å². The number of hydrogen-bond donors (Lipinski definition) is 0. The van der Waals surface area contributed by atoms with Gasteiger partial charge in [-0.1, -0.05) is 249 Å². The first-order chi connectivity index (χ1) is 34.3. The molecule has 1 nitrogen and oxygen atoms in total. The minimum absolute atomic E-state index is 1.08. The quantitative estimate of drug-likeness (QED) is 0.124. The molecule has 0 atom stereocenters. The highest BCUT2D eigenvalue weighted by molar-refractivity contribution is 6.22. The van der Waals surface area contributed by atoms with E-state index in [1.807, 2.05) is 0 Å². The van der Waals surface area contributed by atoms with Crippen molar-refractivity contribution in [3.8, 4) is 77.9 Å². The Morgan fingerprint density at radius 3 is 1.01 bits per heavy atom. The SMILES string of the molecule is c1ccc(-c2ccc(N(c3ccccc3-c3ccc4c(c3)c(-c3ccccc3)c(-c3ccccc3)c3ccccc34)c3ccc(-c4ccccc4)cc3-c3ccccc3)c(-c3ccccc3)c2)cc1. The van der Waals surface area contributed by atoms with Gasteiger partial charge in [-0.15, -0.1) is 0 Å². The highest BCUT2D eigenvalue weighted by Crippen LogP contribution is 2.51. The predicted octanol–water partition coefficient (Wildman–Crippen LogP) is 19.1. The molecule has 324 valence electrons. The second-order valence-corrected chi connectivity index (χ2v) is 17.6. The number of benzene rings is 12. The molecular weight excluding hydrogens is 831 g/mol. The van der Waals surface area contributed by atoms with E-state index in [1.165, 1.54) is 66.1 Å². The van der Waals surface area contributed by atoms with Gasteiger partial charge in [-0.05, 0) is 119 Å². The van der Waals surface area contributed by atoms with Crippen LogP contribution in [0.2, 0.25) is 0 Å². The highest BCUT2D eigenvalue weighted by Gasteiger charge is 2.25. The van der Waals surface area contributed by atoms with Crippen LogP contribution in [0.1, 0.15) is 0 Å². The van der Waals surface area contributed by atoms with Crippen LogP contribution in [0.4, 0.5) is 17.1 Å². The number of nitrogens with zero attached hydrogens (tertiary/aromatic N) is 1. The van der Waals surface area contributed by atoms with E-state index in [9.17, 15) is 0 Å². The standard InChI is InChI=1S/C68H47N/c1-7-23-48(24-8-1)54-40-43-65(61(45-54)50-27-11-3-12-28-50)69(66-44-41-55(49-25-9-2-10-26-49)46-62(66)51-29-13-4-14-30-51)64-38-22-21-35-57(64)56-39-42-59-58-36-19-20-37-60(58)67(52-31-15-5-16-32-52)68(63(59)47-56)53-33-17-6-18-34-53/h1-47H. The molecule has 1 heteroatoms. The van der Waals surface area contributed by atoms with Crippen LogP contribution >= 0.6 is 0 Å². The van der Waals surface area contributed by atoms with Crippen molar-refractivity contribution in [1.29, 1.82) is 0 Å². The van der Waals surface area contributed by atoms with Gasteiger partial charge in [-0.3, -0.25) is 0 Å². The molecular formula is C68H47N. The Hall–Kier alpha value is -9.04. The molecule has 0 saturated carbocycles. The third-order valence-corrected chi connectivity index (χ3v) is 13.5. The average molecular weight is 878 g/mol. The summed E-state index contributed by atoms with van der Waals surface area (Å²) < 4.78 is 0. The van der Waals surface area contributed by atoms with E-state index in [1.54, 1.807) is 0 Å². The van der Waals surface area contributed by atoms with Crippen LogP contribution in [0.5, 0.6) is 0 Å². The van der Waals surface area contributed by atoms with Gasteiger partial charge >= 0.3 is 0 Å². The molecule has 0 aliphatic heterocycles. The molecule has 0 amide bonds. The maximum Gasteiger partial charge on any atom is 0.0540 e. The zero-order chi connectivity index (χ0) is 45.9. The van der Waals surface area contributed by atoms with Crippen LogP contribution in [0.15, 0.2) is 285 Å². The average Bonchev–Trinajstić information content (AvgIpc) is 3.44. The maximum absolute atomic E-state index is 2.52. The summed E-state index contributed by atoms with van der Waals surface area (Å²) >= 11 is 0. The second kappa shape index (κ2) is 18.3. The first-order valence-corrected chi connectivity index (χ1v) is 23.8. The molecule has 0 radical (unpaired) electrons. The molecule has 0 aliphatic rings. The first kappa shape index (κ1) is 41.4. The van der Waals surface area contributed by atoms with Gasteiger partial charge in [-0.2, -0.15) is 0 Å². The van der Waals surface area contributed by atoms with Crippen molar-refractivity contribution in [2.24, 2.45) is 0 Å². The molecule has 0 bridgehead atoms. The van der Waals surface area contributed by atoms with E-state index in [4.69, 9.17) is 0 Å². The molecule has 0 saturated heterocycles. The number of para-hydroxylation sites is 1. The number of fused-ring (bicyclic) bond motifs is 3. The Morgan fingerprint density at radius 1 is 0.174 bits per heavy atom. The summed E-state index contributed by atoms with van der Waals surface area (Å²) in [5.41, 5.74) is 19.6. The Kier molecular flexibility index (Phi) is 11.0. The summed E-state index contributed by atoms with van der Waals surface area (Å²) in [4.78, 5) is 2.52. The van der Waals surface area contributed by atoms with Crippen molar-refractivity contribution in [3.05, 3.63) is 285 Å². The smallest absolute Gasteiger partial charge is 0.0540 e. The minimum Gasteiger partial charge on any atom is -0.309 e. The van der Waals surface area contributed by atoms with Crippen molar-refractivity contribution in [2.45, 2.75) is 0 Å². The number of anilines is 3. The Bertz CT molecular complexity index is 3610. The normalized spacial score (nSPS) is 11.2. The van der Waals surface area contributed by atoms with Gasteiger partial charge in [-0.25, -0.2) is 0 Å². The molecule has 69 heavy (non-hydrogen) atoms. The summed E-state index contributed by atoms with van der Waals surface area (Å²) in [6, 6.07) is 104. The van der Waals surface area contributed by atoms with Crippen molar-refractivity contribution >= 4 is 38.6 Å².